The zero-order valence-corrected chi connectivity index (χ0v) is 21.7. The van der Waals surface area contributed by atoms with Gasteiger partial charge < -0.3 is 5.11 Å². The van der Waals surface area contributed by atoms with Crippen molar-refractivity contribution in [3.63, 3.8) is 0 Å². The number of halogens is 4. The van der Waals surface area contributed by atoms with Crippen LogP contribution in [0.1, 0.15) is 55.7 Å². The molecule has 1 saturated carbocycles. The van der Waals surface area contributed by atoms with E-state index in [1.165, 1.54) is 18.2 Å². The van der Waals surface area contributed by atoms with Crippen LogP contribution in [0, 0.1) is 11.7 Å². The first kappa shape index (κ1) is 25.8. The second-order valence-corrected chi connectivity index (χ2v) is 11.0. The molecule has 1 heterocycles. The molecule has 0 amide bonds. The summed E-state index contributed by atoms with van der Waals surface area (Å²) in [7, 11) is 0. The molecule has 2 aliphatic rings. The molecule has 0 aliphatic heterocycles. The summed E-state index contributed by atoms with van der Waals surface area (Å²) in [6, 6.07) is 19.3. The Kier molecular flexibility index (Phi) is 6.18. The van der Waals surface area contributed by atoms with E-state index in [0.717, 1.165) is 40.6 Å². The second-order valence-electron chi connectivity index (χ2n) is 11.0. The second kappa shape index (κ2) is 9.33. The fraction of sp³-hybridized carbons (Fsp3) is 0.344. The number of aryl methyl sites for hydroxylation is 1. The maximum Gasteiger partial charge on any atom is 0.421 e. The molecule has 0 radical (unpaired) electrons. The quantitative estimate of drug-likeness (QED) is 0.271. The van der Waals surface area contributed by atoms with Gasteiger partial charge in [0.25, 0.3) is 0 Å². The van der Waals surface area contributed by atoms with Gasteiger partial charge in [-0.25, -0.2) is 9.07 Å². The van der Waals surface area contributed by atoms with E-state index in [1.54, 1.807) is 47.3 Å². The summed E-state index contributed by atoms with van der Waals surface area (Å²) >= 11 is 0. The number of fused-ring (bicyclic) bond motifs is 4. The molecule has 6 rings (SSSR count). The third-order valence-electron chi connectivity index (χ3n) is 9.00. The van der Waals surface area contributed by atoms with Gasteiger partial charge in [0.1, 0.15) is 5.82 Å². The lowest BCUT2D eigenvalue weighted by Crippen LogP contribution is -2.56. The Morgan fingerprint density at radius 2 is 1.82 bits per heavy atom. The van der Waals surface area contributed by atoms with Crippen molar-refractivity contribution < 1.29 is 22.7 Å². The Bertz CT molecular complexity index is 1540. The predicted molar refractivity (Wildman–Crippen MR) is 144 cm³/mol. The van der Waals surface area contributed by atoms with Crippen molar-refractivity contribution in [2.45, 2.75) is 62.6 Å². The average Bonchev–Trinajstić information content (AvgIpc) is 3.26. The largest absolute Gasteiger partial charge is 0.421 e. The first-order valence-electron chi connectivity index (χ1n) is 13.5. The van der Waals surface area contributed by atoms with E-state index in [4.69, 9.17) is 0 Å². The number of alkyl halides is 3. The SMILES string of the molecule is CC[C@]12C/C(=C\c3ccccc3)[C@@](O)(C(F)(F)F)C[C@@H]1CCCc1cc3c(cnn3-c3ccc(F)cc3)cc12. The number of nitrogens with zero attached hydrogens (tertiary/aromatic N) is 2. The number of rotatable bonds is 3. The van der Waals surface area contributed by atoms with Crippen molar-refractivity contribution in [2.24, 2.45) is 5.92 Å². The lowest BCUT2D eigenvalue weighted by Gasteiger charge is -2.51. The molecule has 39 heavy (non-hydrogen) atoms. The van der Waals surface area contributed by atoms with Crippen LogP contribution in [0.25, 0.3) is 22.7 Å². The van der Waals surface area contributed by atoms with E-state index in [0.29, 0.717) is 18.4 Å². The van der Waals surface area contributed by atoms with Crippen molar-refractivity contribution in [3.8, 4) is 5.69 Å². The maximum atomic E-state index is 14.5. The monoisotopic (exact) mass is 534 g/mol. The summed E-state index contributed by atoms with van der Waals surface area (Å²) < 4.78 is 58.9. The molecule has 7 heteroatoms. The number of aliphatic hydroxyl groups is 1. The van der Waals surface area contributed by atoms with Crippen LogP contribution in [0.4, 0.5) is 17.6 Å². The summed E-state index contributed by atoms with van der Waals surface area (Å²) in [5.74, 6) is -0.650. The highest BCUT2D eigenvalue weighted by molar-refractivity contribution is 5.83. The van der Waals surface area contributed by atoms with Gasteiger partial charge in [0.2, 0.25) is 0 Å². The molecule has 0 bridgehead atoms. The van der Waals surface area contributed by atoms with Gasteiger partial charge >= 0.3 is 6.18 Å². The zero-order chi connectivity index (χ0) is 27.4. The van der Waals surface area contributed by atoms with E-state index >= 15 is 0 Å². The first-order valence-corrected chi connectivity index (χ1v) is 13.5. The minimum absolute atomic E-state index is 0.0225. The van der Waals surface area contributed by atoms with Gasteiger partial charge in [0, 0.05) is 10.8 Å². The summed E-state index contributed by atoms with van der Waals surface area (Å²) in [5, 5.41) is 16.8. The summed E-state index contributed by atoms with van der Waals surface area (Å²) in [4.78, 5) is 0. The molecule has 0 spiro atoms. The van der Waals surface area contributed by atoms with Crippen LogP contribution in [0.15, 0.2) is 78.5 Å². The first-order chi connectivity index (χ1) is 18.6. The lowest BCUT2D eigenvalue weighted by atomic mass is 9.55. The van der Waals surface area contributed by atoms with Crippen molar-refractivity contribution in [2.75, 3.05) is 0 Å². The van der Waals surface area contributed by atoms with Gasteiger partial charge in [-0.2, -0.15) is 18.3 Å². The van der Waals surface area contributed by atoms with Gasteiger partial charge in [-0.15, -0.1) is 0 Å². The Morgan fingerprint density at radius 3 is 2.51 bits per heavy atom. The minimum Gasteiger partial charge on any atom is -0.376 e. The Hall–Kier alpha value is -3.45. The molecular formula is C32H30F4N2O. The van der Waals surface area contributed by atoms with Gasteiger partial charge in [0.15, 0.2) is 5.60 Å². The van der Waals surface area contributed by atoms with Crippen molar-refractivity contribution in [1.82, 2.24) is 9.78 Å². The molecule has 3 atom stereocenters. The molecule has 3 aromatic carbocycles. The molecule has 1 fully saturated rings. The number of hydrogen-bond donors (Lipinski definition) is 1. The predicted octanol–water partition coefficient (Wildman–Crippen LogP) is 7.94. The number of hydrogen-bond acceptors (Lipinski definition) is 2. The minimum atomic E-state index is -4.77. The number of benzene rings is 3. The molecule has 1 N–H and O–H groups in total. The van der Waals surface area contributed by atoms with Crippen molar-refractivity contribution in [1.29, 1.82) is 0 Å². The fourth-order valence-electron chi connectivity index (χ4n) is 6.94. The van der Waals surface area contributed by atoms with E-state index in [1.807, 2.05) is 13.0 Å². The topological polar surface area (TPSA) is 38.1 Å². The highest BCUT2D eigenvalue weighted by Gasteiger charge is 2.63. The lowest BCUT2D eigenvalue weighted by molar-refractivity contribution is -0.258. The zero-order valence-electron chi connectivity index (χ0n) is 21.7. The average molecular weight is 535 g/mol. The van der Waals surface area contributed by atoms with Crippen LogP contribution in [0.5, 0.6) is 0 Å². The molecular weight excluding hydrogens is 504 g/mol. The summed E-state index contributed by atoms with van der Waals surface area (Å²) in [5.41, 5.74) is 1.04. The van der Waals surface area contributed by atoms with Crippen molar-refractivity contribution >= 4 is 17.0 Å². The maximum absolute atomic E-state index is 14.5. The summed E-state index contributed by atoms with van der Waals surface area (Å²) in [6.45, 7) is 2.05. The molecule has 3 nitrogen and oxygen atoms in total. The highest BCUT2D eigenvalue weighted by atomic mass is 19.4. The Morgan fingerprint density at radius 1 is 1.08 bits per heavy atom. The van der Waals surface area contributed by atoms with Crippen LogP contribution < -0.4 is 0 Å². The van der Waals surface area contributed by atoms with E-state index in [-0.39, 0.29) is 30.1 Å². The van der Waals surface area contributed by atoms with Gasteiger partial charge in [0.05, 0.1) is 17.4 Å². The third-order valence-corrected chi connectivity index (χ3v) is 9.00. The molecule has 0 unspecified atom stereocenters. The van der Waals surface area contributed by atoms with Crippen LogP contribution >= 0.6 is 0 Å². The van der Waals surface area contributed by atoms with Crippen molar-refractivity contribution in [3.05, 3.63) is 101 Å². The van der Waals surface area contributed by atoms with Gasteiger partial charge in [-0.1, -0.05) is 43.3 Å². The van der Waals surface area contributed by atoms with Gasteiger partial charge in [-0.05, 0) is 103 Å². The Labute approximate surface area is 224 Å². The molecule has 4 aromatic rings. The third kappa shape index (κ3) is 4.18. The van der Waals surface area contributed by atoms with Crippen LogP contribution in [0.3, 0.4) is 0 Å². The van der Waals surface area contributed by atoms with Crippen LogP contribution in [-0.4, -0.2) is 26.7 Å². The molecule has 0 saturated heterocycles. The molecule has 1 aromatic heterocycles. The van der Waals surface area contributed by atoms with Crippen LogP contribution in [-0.2, 0) is 11.8 Å². The van der Waals surface area contributed by atoms with Crippen LogP contribution in [0.2, 0.25) is 0 Å². The number of aromatic nitrogens is 2. The standard InChI is InChI=1S/C32H30F4N2O/c1-2-30-18-25(15-21-7-4-3-5-8-21)31(39,32(34,35)36)19-24(30)10-6-9-22-17-29-23(16-28(22)30)20-37-38(29)27-13-11-26(33)12-14-27/h3-5,7-8,11-17,20,24,39H,2,6,9-10,18-19H2,1H3/b25-15+/t24-,30-,31+/m0/s1. The summed E-state index contributed by atoms with van der Waals surface area (Å²) in [6.07, 6.45) is 1.04. The highest BCUT2D eigenvalue weighted by Crippen LogP contribution is 2.59. The molecule has 2 aliphatic carbocycles. The van der Waals surface area contributed by atoms with E-state index in [9.17, 15) is 22.7 Å². The molecule has 202 valence electrons. The fourth-order valence-corrected chi connectivity index (χ4v) is 6.94. The smallest absolute Gasteiger partial charge is 0.376 e. The van der Waals surface area contributed by atoms with Gasteiger partial charge in [-0.3, -0.25) is 0 Å². The van der Waals surface area contributed by atoms with E-state index in [2.05, 4.69) is 17.2 Å². The Balaban J connectivity index is 1.52. The normalized spacial score (nSPS) is 26.3. The van der Waals surface area contributed by atoms with E-state index < -0.39 is 17.2 Å².